The Hall–Kier alpha value is -3.45. The van der Waals surface area contributed by atoms with E-state index in [0.717, 1.165) is 0 Å². The van der Waals surface area contributed by atoms with Crippen LogP contribution in [0.1, 0.15) is 11.1 Å². The van der Waals surface area contributed by atoms with E-state index >= 15 is 0 Å². The lowest BCUT2D eigenvalue weighted by molar-refractivity contribution is -0.165. The van der Waals surface area contributed by atoms with Crippen LogP contribution in [0.5, 0.6) is 0 Å². The van der Waals surface area contributed by atoms with Crippen LogP contribution in [0.25, 0.3) is 0 Å². The lowest BCUT2D eigenvalue weighted by Gasteiger charge is -2.17. The number of aromatic nitrogens is 1. The molecule has 1 aromatic heterocycles. The molecule has 0 unspecified atom stereocenters. The van der Waals surface area contributed by atoms with Crippen LogP contribution in [0.3, 0.4) is 0 Å². The summed E-state index contributed by atoms with van der Waals surface area (Å²) in [6.45, 7) is 5.62. The molecule has 0 N–H and O–H groups in total. The highest BCUT2D eigenvalue weighted by Crippen LogP contribution is 2.18. The summed E-state index contributed by atoms with van der Waals surface area (Å²) in [5.41, 5.74) is 0.857. The van der Waals surface area contributed by atoms with Crippen LogP contribution in [0.15, 0.2) is 18.5 Å². The summed E-state index contributed by atoms with van der Waals surface area (Å²) in [4.78, 5) is 57.4. The van der Waals surface area contributed by atoms with Gasteiger partial charge in [-0.3, -0.25) is 24.2 Å². The van der Waals surface area contributed by atoms with Crippen LogP contribution < -0.4 is 0 Å². The van der Waals surface area contributed by atoms with Gasteiger partial charge in [0.25, 0.3) is 0 Å². The smallest absolute Gasteiger partial charge is 0.320 e. The Kier molecular flexibility index (Phi) is 37.9. The summed E-state index contributed by atoms with van der Waals surface area (Å²) in [5, 5.41) is 0. The second kappa shape index (κ2) is 41.6. The summed E-state index contributed by atoms with van der Waals surface area (Å²) in [6, 6.07) is 1.62. The third-order valence-corrected chi connectivity index (χ3v) is 7.97. The molecule has 1 aromatic rings. The zero-order chi connectivity index (χ0) is 45.1. The fraction of sp³-hybridized carbons (Fsp3) is 0.780. The number of nitrogens with zero attached hydrogens (tertiary/aromatic N) is 1. The second-order valence-electron chi connectivity index (χ2n) is 12.8. The Labute approximate surface area is 364 Å². The van der Waals surface area contributed by atoms with Crippen LogP contribution in [-0.2, 0) is 108 Å². The molecule has 0 radical (unpaired) electrons. The van der Waals surface area contributed by atoms with Crippen molar-refractivity contribution in [3.63, 3.8) is 0 Å². The van der Waals surface area contributed by atoms with Crippen molar-refractivity contribution in [3.05, 3.63) is 29.6 Å². The fourth-order valence-corrected chi connectivity index (χ4v) is 4.83. The van der Waals surface area contributed by atoms with Gasteiger partial charge >= 0.3 is 23.9 Å². The molecule has 21 nitrogen and oxygen atoms in total. The highest BCUT2D eigenvalue weighted by atomic mass is 16.6. The van der Waals surface area contributed by atoms with Crippen molar-refractivity contribution >= 4 is 23.9 Å². The number of hydrogen-bond donors (Lipinski definition) is 0. The fourth-order valence-electron chi connectivity index (χ4n) is 4.83. The van der Waals surface area contributed by atoms with Gasteiger partial charge in [-0.15, -0.1) is 0 Å². The molecule has 0 spiro atoms. The van der Waals surface area contributed by atoms with Crippen LogP contribution in [0.4, 0.5) is 0 Å². The number of methoxy groups -OCH3 is 4. The number of esters is 4. The van der Waals surface area contributed by atoms with Crippen molar-refractivity contribution in [2.75, 3.05) is 187 Å². The van der Waals surface area contributed by atoms with Gasteiger partial charge in [0.05, 0.1) is 132 Å². The van der Waals surface area contributed by atoms with Crippen molar-refractivity contribution in [1.82, 2.24) is 4.98 Å². The molecule has 0 bridgehead atoms. The molecule has 0 atom stereocenters. The molecule has 1 rings (SSSR count). The third kappa shape index (κ3) is 31.4. The molecule has 21 heteroatoms. The molecule has 0 fully saturated rings. The summed E-state index contributed by atoms with van der Waals surface area (Å²) in [6.07, 6.45) is 2.57. The highest BCUT2D eigenvalue weighted by Gasteiger charge is 2.32. The zero-order valence-corrected chi connectivity index (χ0v) is 36.9. The van der Waals surface area contributed by atoms with Crippen LogP contribution in [-0.4, -0.2) is 216 Å². The quantitative estimate of drug-likeness (QED) is 0.0371. The lowest BCUT2D eigenvalue weighted by Crippen LogP contribution is -2.32. The molecule has 0 aromatic carbocycles. The number of pyridine rings is 1. The van der Waals surface area contributed by atoms with Gasteiger partial charge in [0.1, 0.15) is 26.4 Å². The molecule has 0 aliphatic rings. The minimum Gasteiger partial charge on any atom is -0.463 e. The number of rotatable bonds is 44. The van der Waals surface area contributed by atoms with E-state index in [4.69, 9.17) is 75.8 Å². The van der Waals surface area contributed by atoms with E-state index in [2.05, 4.69) is 4.98 Å². The van der Waals surface area contributed by atoms with Crippen LogP contribution in [0, 0.1) is 11.8 Å². The van der Waals surface area contributed by atoms with Gasteiger partial charge in [-0.25, -0.2) is 0 Å². The topological polar surface area (TPSA) is 229 Å². The number of ether oxygens (including phenoxy) is 16. The summed E-state index contributed by atoms with van der Waals surface area (Å²) in [7, 11) is 6.29. The highest BCUT2D eigenvalue weighted by molar-refractivity contribution is 5.96. The monoisotopic (exact) mass is 895 g/mol. The first-order valence-electron chi connectivity index (χ1n) is 20.5. The molecular formula is C41H69NO20. The normalized spacial score (nSPS) is 11.3. The molecule has 358 valence electrons. The first-order chi connectivity index (χ1) is 30.4. The van der Waals surface area contributed by atoms with Gasteiger partial charge in [0, 0.05) is 40.8 Å². The minimum atomic E-state index is -1.39. The van der Waals surface area contributed by atoms with E-state index in [-0.39, 0.29) is 92.1 Å². The van der Waals surface area contributed by atoms with Crippen molar-refractivity contribution < 1.29 is 95.0 Å². The van der Waals surface area contributed by atoms with Gasteiger partial charge in [-0.1, -0.05) is 6.07 Å². The van der Waals surface area contributed by atoms with E-state index in [0.29, 0.717) is 90.4 Å². The van der Waals surface area contributed by atoms with Crippen LogP contribution in [0.2, 0.25) is 0 Å². The van der Waals surface area contributed by atoms with Gasteiger partial charge in [0.15, 0.2) is 11.8 Å². The standard InChI is InChI=1S/C41H69NO20/c1-47-5-9-51-13-17-55-21-25-59-38(43)36(39(44)60-26-22-56-18-14-52-10-6-48-2)30-34-29-35(33-42-32-34)31-37(40(45)61-27-23-57-19-15-53-11-7-49-3)41(46)62-28-24-58-20-16-54-12-8-50-4/h29,32-33,36-37H,5-28,30-31H2,1-4H3. The maximum atomic E-state index is 13.3. The Morgan fingerprint density at radius 3 is 0.790 bits per heavy atom. The molecule has 1 heterocycles. The van der Waals surface area contributed by atoms with Gasteiger partial charge < -0.3 is 75.8 Å². The number of hydrogen-bond acceptors (Lipinski definition) is 21. The number of carbonyl (C=O) groups is 4. The predicted octanol–water partition coefficient (Wildman–Crippen LogP) is 0.290. The average molecular weight is 896 g/mol. The molecule has 0 aliphatic heterocycles. The van der Waals surface area contributed by atoms with Crippen LogP contribution >= 0.6 is 0 Å². The molecule has 0 amide bonds. The van der Waals surface area contributed by atoms with E-state index in [9.17, 15) is 19.2 Å². The van der Waals surface area contributed by atoms with Crippen molar-refractivity contribution in [2.24, 2.45) is 11.8 Å². The maximum absolute atomic E-state index is 13.3. The van der Waals surface area contributed by atoms with Gasteiger partial charge in [0.2, 0.25) is 0 Å². The van der Waals surface area contributed by atoms with Crippen molar-refractivity contribution in [2.45, 2.75) is 12.8 Å². The van der Waals surface area contributed by atoms with E-state index in [1.54, 1.807) is 34.5 Å². The number of carbonyl (C=O) groups excluding carboxylic acids is 4. The predicted molar refractivity (Wildman–Crippen MR) is 217 cm³/mol. The van der Waals surface area contributed by atoms with Crippen molar-refractivity contribution in [3.8, 4) is 0 Å². The summed E-state index contributed by atoms with van der Waals surface area (Å²) >= 11 is 0. The lowest BCUT2D eigenvalue weighted by atomic mass is 9.96. The summed E-state index contributed by atoms with van der Waals surface area (Å²) in [5.74, 6) is -6.14. The molecule has 0 saturated heterocycles. The third-order valence-electron chi connectivity index (χ3n) is 7.97. The maximum Gasteiger partial charge on any atom is 0.320 e. The van der Waals surface area contributed by atoms with E-state index in [1.807, 2.05) is 0 Å². The molecule has 0 aliphatic carbocycles. The zero-order valence-electron chi connectivity index (χ0n) is 36.9. The van der Waals surface area contributed by atoms with Gasteiger partial charge in [-0.2, -0.15) is 0 Å². The second-order valence-corrected chi connectivity index (χ2v) is 12.8. The Morgan fingerprint density at radius 1 is 0.355 bits per heavy atom. The van der Waals surface area contributed by atoms with Crippen molar-refractivity contribution in [1.29, 1.82) is 0 Å². The largest absolute Gasteiger partial charge is 0.463 e. The van der Waals surface area contributed by atoms with Gasteiger partial charge in [-0.05, 0) is 24.0 Å². The summed E-state index contributed by atoms with van der Waals surface area (Å²) < 4.78 is 84.5. The molecular weight excluding hydrogens is 826 g/mol. The SMILES string of the molecule is COCCOCCOCCOC(=O)C(Cc1cncc(CC(C(=O)OCCOCCOCCOC)C(=O)OCCOCCOCCOC)c1)C(=O)OCCOCCOCCOC. The minimum absolute atomic E-state index is 0.0664. The Morgan fingerprint density at radius 2 is 0.565 bits per heavy atom. The molecule has 62 heavy (non-hydrogen) atoms. The van der Waals surface area contributed by atoms with E-state index < -0.39 is 35.7 Å². The Bertz CT molecular complexity index is 1100. The average Bonchev–Trinajstić information content (AvgIpc) is 3.27. The van der Waals surface area contributed by atoms with E-state index in [1.165, 1.54) is 12.4 Å². The Balaban J connectivity index is 2.95. The first-order valence-corrected chi connectivity index (χ1v) is 20.5. The first kappa shape index (κ1) is 56.6. The molecule has 0 saturated carbocycles.